The summed E-state index contributed by atoms with van der Waals surface area (Å²) in [6, 6.07) is 0.443. The van der Waals surface area contributed by atoms with Crippen LogP contribution in [0.1, 0.15) is 27.2 Å². The van der Waals surface area contributed by atoms with E-state index >= 15 is 0 Å². The summed E-state index contributed by atoms with van der Waals surface area (Å²) in [6.07, 6.45) is 0.887. The molecule has 1 amide bonds. The number of amides is 1. The second-order valence-corrected chi connectivity index (χ2v) is 5.29. The molecular formula is C13H27N3O2. The quantitative estimate of drug-likeness (QED) is 0.802. The Kier molecular flexibility index (Phi) is 6.43. The predicted octanol–water partition coefficient (Wildman–Crippen LogP) is 1.13. The van der Waals surface area contributed by atoms with Gasteiger partial charge in [0, 0.05) is 38.8 Å². The molecule has 0 radical (unpaired) electrons. The average Bonchev–Trinajstić information content (AvgIpc) is 2.38. The smallest absolute Gasteiger partial charge is 0.409 e. The number of hydrogen-bond donors (Lipinski definition) is 1. The van der Waals surface area contributed by atoms with Gasteiger partial charge in [0.2, 0.25) is 0 Å². The summed E-state index contributed by atoms with van der Waals surface area (Å²) in [4.78, 5) is 15.9. The zero-order valence-corrected chi connectivity index (χ0v) is 11.9. The Morgan fingerprint density at radius 3 is 2.33 bits per heavy atom. The van der Waals surface area contributed by atoms with E-state index in [1.54, 1.807) is 4.90 Å². The van der Waals surface area contributed by atoms with E-state index in [0.29, 0.717) is 25.1 Å². The molecule has 18 heavy (non-hydrogen) atoms. The van der Waals surface area contributed by atoms with Crippen molar-refractivity contribution in [2.24, 2.45) is 11.7 Å². The van der Waals surface area contributed by atoms with E-state index < -0.39 is 0 Å². The van der Waals surface area contributed by atoms with Crippen molar-refractivity contribution in [2.75, 3.05) is 39.3 Å². The van der Waals surface area contributed by atoms with Gasteiger partial charge in [0.05, 0.1) is 6.61 Å². The van der Waals surface area contributed by atoms with Gasteiger partial charge < -0.3 is 15.4 Å². The van der Waals surface area contributed by atoms with E-state index in [-0.39, 0.29) is 6.09 Å². The summed E-state index contributed by atoms with van der Waals surface area (Å²) >= 11 is 0. The number of piperazine rings is 1. The van der Waals surface area contributed by atoms with Crippen molar-refractivity contribution < 1.29 is 9.53 Å². The van der Waals surface area contributed by atoms with E-state index in [2.05, 4.69) is 11.8 Å². The molecule has 1 atom stereocenters. The Labute approximate surface area is 110 Å². The molecule has 0 aromatic carbocycles. The minimum atomic E-state index is -0.177. The van der Waals surface area contributed by atoms with E-state index in [1.807, 2.05) is 13.8 Å². The Balaban J connectivity index is 2.32. The molecule has 0 aromatic rings. The second kappa shape index (κ2) is 7.59. The Hall–Kier alpha value is -0.810. The third-order valence-electron chi connectivity index (χ3n) is 3.37. The zero-order valence-electron chi connectivity index (χ0n) is 11.9. The summed E-state index contributed by atoms with van der Waals surface area (Å²) in [5, 5.41) is 0. The van der Waals surface area contributed by atoms with Crippen LogP contribution in [-0.4, -0.2) is 61.3 Å². The summed E-state index contributed by atoms with van der Waals surface area (Å²) in [7, 11) is 0. The summed E-state index contributed by atoms with van der Waals surface area (Å²) in [6.45, 7) is 10.7. The molecule has 0 aliphatic carbocycles. The molecule has 1 aliphatic heterocycles. The lowest BCUT2D eigenvalue weighted by molar-refractivity contribution is 0.0583. The maximum atomic E-state index is 11.8. The molecule has 1 heterocycles. The van der Waals surface area contributed by atoms with Crippen LogP contribution in [-0.2, 0) is 4.74 Å². The van der Waals surface area contributed by atoms with Gasteiger partial charge in [-0.05, 0) is 12.3 Å². The number of carbonyl (C=O) groups excluding carboxylic acids is 1. The first-order valence-corrected chi connectivity index (χ1v) is 6.94. The van der Waals surface area contributed by atoms with Crippen LogP contribution in [0.4, 0.5) is 4.79 Å². The van der Waals surface area contributed by atoms with Gasteiger partial charge in [-0.2, -0.15) is 0 Å². The highest BCUT2D eigenvalue weighted by atomic mass is 16.6. The highest BCUT2D eigenvalue weighted by Crippen LogP contribution is 2.09. The number of nitrogens with zero attached hydrogens (tertiary/aromatic N) is 2. The van der Waals surface area contributed by atoms with Crippen molar-refractivity contribution in [3.05, 3.63) is 0 Å². The maximum absolute atomic E-state index is 11.8. The van der Waals surface area contributed by atoms with Crippen LogP contribution in [0.15, 0.2) is 0 Å². The van der Waals surface area contributed by atoms with E-state index in [4.69, 9.17) is 10.5 Å². The first-order chi connectivity index (χ1) is 8.58. The van der Waals surface area contributed by atoms with Crippen molar-refractivity contribution in [3.8, 4) is 0 Å². The molecule has 0 aromatic heterocycles. The third kappa shape index (κ3) is 4.46. The SMILES string of the molecule is CCC(CN)N1CCN(C(=O)OCC(C)C)CC1. The lowest BCUT2D eigenvalue weighted by atomic mass is 10.1. The predicted molar refractivity (Wildman–Crippen MR) is 72.5 cm³/mol. The van der Waals surface area contributed by atoms with E-state index in [0.717, 1.165) is 32.6 Å². The number of hydrogen-bond acceptors (Lipinski definition) is 4. The topological polar surface area (TPSA) is 58.8 Å². The lowest BCUT2D eigenvalue weighted by Crippen LogP contribution is -2.53. The average molecular weight is 257 g/mol. The fourth-order valence-corrected chi connectivity index (χ4v) is 2.17. The molecular weight excluding hydrogens is 230 g/mol. The van der Waals surface area contributed by atoms with Gasteiger partial charge in [-0.3, -0.25) is 4.90 Å². The highest BCUT2D eigenvalue weighted by Gasteiger charge is 2.25. The van der Waals surface area contributed by atoms with E-state index in [1.165, 1.54) is 0 Å². The molecule has 1 rings (SSSR count). The van der Waals surface area contributed by atoms with Crippen molar-refractivity contribution in [2.45, 2.75) is 33.2 Å². The number of rotatable bonds is 5. The molecule has 106 valence electrons. The molecule has 0 saturated carbocycles. The normalized spacial score (nSPS) is 19.1. The van der Waals surface area contributed by atoms with Gasteiger partial charge in [-0.25, -0.2) is 4.79 Å². The highest BCUT2D eigenvalue weighted by molar-refractivity contribution is 5.67. The Morgan fingerprint density at radius 2 is 1.89 bits per heavy atom. The zero-order chi connectivity index (χ0) is 13.5. The minimum Gasteiger partial charge on any atom is -0.449 e. The Morgan fingerprint density at radius 1 is 1.28 bits per heavy atom. The molecule has 1 fully saturated rings. The summed E-state index contributed by atoms with van der Waals surface area (Å²) in [5.41, 5.74) is 5.74. The molecule has 0 bridgehead atoms. The number of ether oxygens (including phenoxy) is 1. The van der Waals surface area contributed by atoms with Crippen molar-refractivity contribution in [1.82, 2.24) is 9.80 Å². The first kappa shape index (κ1) is 15.2. The largest absolute Gasteiger partial charge is 0.449 e. The van der Waals surface area contributed by atoms with Crippen molar-refractivity contribution >= 4 is 6.09 Å². The number of carbonyl (C=O) groups is 1. The standard InChI is InChI=1S/C13H27N3O2/c1-4-12(9-14)15-5-7-16(8-6-15)13(17)18-10-11(2)3/h11-12H,4-10,14H2,1-3H3. The molecule has 1 unspecified atom stereocenters. The van der Waals surface area contributed by atoms with E-state index in [9.17, 15) is 4.79 Å². The third-order valence-corrected chi connectivity index (χ3v) is 3.37. The van der Waals surface area contributed by atoms with Crippen molar-refractivity contribution in [1.29, 1.82) is 0 Å². The molecule has 1 aliphatic rings. The number of nitrogens with two attached hydrogens (primary N) is 1. The first-order valence-electron chi connectivity index (χ1n) is 6.94. The minimum absolute atomic E-state index is 0.177. The molecule has 2 N–H and O–H groups in total. The van der Waals surface area contributed by atoms with Crippen LogP contribution < -0.4 is 5.73 Å². The molecule has 5 heteroatoms. The van der Waals surface area contributed by atoms with Crippen LogP contribution in [0.2, 0.25) is 0 Å². The van der Waals surface area contributed by atoms with Gasteiger partial charge in [-0.15, -0.1) is 0 Å². The van der Waals surface area contributed by atoms with Gasteiger partial charge in [0.15, 0.2) is 0 Å². The van der Waals surface area contributed by atoms with Crippen LogP contribution in [0.5, 0.6) is 0 Å². The van der Waals surface area contributed by atoms with Crippen molar-refractivity contribution in [3.63, 3.8) is 0 Å². The van der Waals surface area contributed by atoms with Gasteiger partial charge in [-0.1, -0.05) is 20.8 Å². The molecule has 1 saturated heterocycles. The monoisotopic (exact) mass is 257 g/mol. The van der Waals surface area contributed by atoms with Gasteiger partial charge in [0.1, 0.15) is 0 Å². The second-order valence-electron chi connectivity index (χ2n) is 5.29. The molecule has 5 nitrogen and oxygen atoms in total. The van der Waals surface area contributed by atoms with Gasteiger partial charge in [0.25, 0.3) is 0 Å². The summed E-state index contributed by atoms with van der Waals surface area (Å²) in [5.74, 6) is 0.386. The Bertz CT molecular complexity index is 247. The molecule has 0 spiro atoms. The van der Waals surface area contributed by atoms with Crippen LogP contribution in [0.25, 0.3) is 0 Å². The fourth-order valence-electron chi connectivity index (χ4n) is 2.17. The summed E-state index contributed by atoms with van der Waals surface area (Å²) < 4.78 is 5.24. The maximum Gasteiger partial charge on any atom is 0.409 e. The van der Waals surface area contributed by atoms with Crippen LogP contribution in [0, 0.1) is 5.92 Å². The van der Waals surface area contributed by atoms with Gasteiger partial charge >= 0.3 is 6.09 Å². The lowest BCUT2D eigenvalue weighted by Gasteiger charge is -2.38. The van der Waals surface area contributed by atoms with Crippen LogP contribution >= 0.6 is 0 Å². The fraction of sp³-hybridized carbons (Fsp3) is 0.923. The van der Waals surface area contributed by atoms with Crippen LogP contribution in [0.3, 0.4) is 0 Å².